The lowest BCUT2D eigenvalue weighted by atomic mass is 9.92. The van der Waals surface area contributed by atoms with Crippen LogP contribution >= 0.6 is 0 Å². The van der Waals surface area contributed by atoms with E-state index in [1.165, 1.54) is 4.31 Å². The molecule has 0 saturated carbocycles. The maximum atomic E-state index is 11.7. The van der Waals surface area contributed by atoms with E-state index in [4.69, 9.17) is 0 Å². The number of carbonyl (C=O) groups is 1. The molecular formula is C9H20N2O2S. The lowest BCUT2D eigenvalue weighted by Gasteiger charge is -2.21. The normalized spacial score (nSPS) is 16.4. The maximum absolute atomic E-state index is 11.7. The second kappa shape index (κ2) is 4.31. The van der Waals surface area contributed by atoms with Crippen molar-refractivity contribution in [2.45, 2.75) is 27.2 Å². The lowest BCUT2D eigenvalue weighted by Crippen LogP contribution is -2.40. The van der Waals surface area contributed by atoms with Gasteiger partial charge in [-0.15, -0.1) is 0 Å². The van der Waals surface area contributed by atoms with Gasteiger partial charge in [0.1, 0.15) is 9.89 Å². The summed E-state index contributed by atoms with van der Waals surface area (Å²) >= 11 is 0. The summed E-state index contributed by atoms with van der Waals surface area (Å²) < 4.78 is 15.5. The molecule has 14 heavy (non-hydrogen) atoms. The van der Waals surface area contributed by atoms with E-state index in [2.05, 4.69) is 10.6 Å². The number of nitrogens with one attached hydrogen (secondary N) is 1. The topological polar surface area (TPSA) is 49.4 Å². The lowest BCUT2D eigenvalue weighted by molar-refractivity contribution is -0.121. The molecule has 0 aromatic carbocycles. The Hall–Kier alpha value is -0.550. The van der Waals surface area contributed by atoms with Gasteiger partial charge < -0.3 is 0 Å². The van der Waals surface area contributed by atoms with E-state index < -0.39 is 9.89 Å². The fraction of sp³-hybridized carbons (Fsp3) is 0.778. The summed E-state index contributed by atoms with van der Waals surface area (Å²) in [5.74, 6) is 3.23. The zero-order chi connectivity index (χ0) is 11.6. The number of rotatable bonds is 3. The molecule has 0 radical (unpaired) electrons. The van der Waals surface area contributed by atoms with Crippen LogP contribution in [0.25, 0.3) is 0 Å². The zero-order valence-electron chi connectivity index (χ0n) is 9.59. The van der Waals surface area contributed by atoms with Crippen molar-refractivity contribution in [1.29, 1.82) is 0 Å². The van der Waals surface area contributed by atoms with Gasteiger partial charge in [-0.25, -0.2) is 8.51 Å². The molecule has 0 aromatic rings. The molecule has 4 nitrogen and oxygen atoms in total. The first-order valence-corrected chi connectivity index (χ1v) is 6.08. The van der Waals surface area contributed by atoms with Crippen molar-refractivity contribution in [2.75, 3.05) is 14.1 Å². The minimum Gasteiger partial charge on any atom is -0.274 e. The van der Waals surface area contributed by atoms with Gasteiger partial charge in [0.15, 0.2) is 0 Å². The molecular weight excluding hydrogens is 200 g/mol. The molecule has 0 heterocycles. The standard InChI is InChI=1S/C9H20N2O2S/c1-9(2,3)7-8(12)10-14(6,13)11(4)5/h6-7H2,1-5H3,(H,10,12,13). The predicted molar refractivity (Wildman–Crippen MR) is 61.2 cm³/mol. The maximum Gasteiger partial charge on any atom is 0.232 e. The van der Waals surface area contributed by atoms with E-state index >= 15 is 0 Å². The van der Waals surface area contributed by atoms with Crippen molar-refractivity contribution in [1.82, 2.24) is 9.03 Å². The number of hydrogen-bond acceptors (Lipinski definition) is 2. The average Bonchev–Trinajstić information content (AvgIpc) is 1.79. The molecule has 0 aromatic heterocycles. The third-order valence-electron chi connectivity index (χ3n) is 1.55. The van der Waals surface area contributed by atoms with Gasteiger partial charge in [-0.1, -0.05) is 20.8 Å². The Labute approximate surface area is 86.9 Å². The monoisotopic (exact) mass is 220 g/mol. The van der Waals surface area contributed by atoms with Crippen LogP contribution < -0.4 is 4.72 Å². The predicted octanol–water partition coefficient (Wildman–Crippen LogP) is 0.647. The fourth-order valence-corrected chi connectivity index (χ4v) is 1.40. The van der Waals surface area contributed by atoms with Gasteiger partial charge in [0.2, 0.25) is 5.91 Å². The molecule has 0 fully saturated rings. The summed E-state index contributed by atoms with van der Waals surface area (Å²) in [7, 11) is 0.600. The SMILES string of the molecule is C=S(=O)(NC(=O)CC(C)(C)C)N(C)C. The molecule has 0 aliphatic heterocycles. The Morgan fingerprint density at radius 3 is 2.14 bits per heavy atom. The molecule has 5 heteroatoms. The highest BCUT2D eigenvalue weighted by Crippen LogP contribution is 2.17. The molecule has 1 amide bonds. The Bertz CT molecular complexity index is 299. The first kappa shape index (κ1) is 13.4. The second-order valence-electron chi connectivity index (χ2n) is 4.72. The van der Waals surface area contributed by atoms with Crippen LogP contribution in [0.4, 0.5) is 0 Å². The van der Waals surface area contributed by atoms with Crippen molar-refractivity contribution in [3.63, 3.8) is 0 Å². The average molecular weight is 220 g/mol. The zero-order valence-corrected chi connectivity index (χ0v) is 10.4. The number of amides is 1. The van der Waals surface area contributed by atoms with Gasteiger partial charge in [0, 0.05) is 20.5 Å². The quantitative estimate of drug-likeness (QED) is 0.710. The number of nitrogens with zero attached hydrogens (tertiary/aromatic N) is 1. The van der Waals surface area contributed by atoms with Crippen LogP contribution in [0.5, 0.6) is 0 Å². The Balaban J connectivity index is 4.36. The van der Waals surface area contributed by atoms with Crippen LogP contribution in [0.2, 0.25) is 0 Å². The second-order valence-corrected chi connectivity index (χ2v) is 6.93. The number of hydrogen-bond donors (Lipinski definition) is 1. The van der Waals surface area contributed by atoms with Crippen molar-refractivity contribution in [3.8, 4) is 0 Å². The van der Waals surface area contributed by atoms with Gasteiger partial charge in [-0.2, -0.15) is 0 Å². The molecule has 0 rings (SSSR count). The van der Waals surface area contributed by atoms with E-state index in [0.717, 1.165) is 0 Å². The summed E-state index contributed by atoms with van der Waals surface area (Å²) in [5.41, 5.74) is -0.105. The van der Waals surface area contributed by atoms with Crippen molar-refractivity contribution in [3.05, 3.63) is 0 Å². The van der Waals surface area contributed by atoms with E-state index in [-0.39, 0.29) is 11.3 Å². The third-order valence-corrected chi connectivity index (χ3v) is 3.28. The van der Waals surface area contributed by atoms with Gasteiger partial charge in [-0.05, 0) is 11.3 Å². The van der Waals surface area contributed by atoms with Crippen LogP contribution in [0.1, 0.15) is 27.2 Å². The summed E-state index contributed by atoms with van der Waals surface area (Å²) in [6.45, 7) is 5.85. The minimum atomic E-state index is -2.64. The van der Waals surface area contributed by atoms with Crippen molar-refractivity contribution in [2.24, 2.45) is 5.41 Å². The van der Waals surface area contributed by atoms with Gasteiger partial charge in [0.05, 0.1) is 0 Å². The van der Waals surface area contributed by atoms with Gasteiger partial charge in [0.25, 0.3) is 0 Å². The summed E-state index contributed by atoms with van der Waals surface area (Å²) in [5, 5.41) is 0. The molecule has 0 aliphatic carbocycles. The highest BCUT2D eigenvalue weighted by molar-refractivity contribution is 7.96. The molecule has 1 atom stereocenters. The fourth-order valence-electron chi connectivity index (χ4n) is 0.787. The molecule has 1 N–H and O–H groups in total. The van der Waals surface area contributed by atoms with Crippen molar-refractivity contribution < 1.29 is 9.00 Å². The van der Waals surface area contributed by atoms with Crippen LogP contribution in [0, 0.1) is 5.41 Å². The Morgan fingerprint density at radius 1 is 1.43 bits per heavy atom. The third kappa shape index (κ3) is 5.24. The smallest absolute Gasteiger partial charge is 0.232 e. The highest BCUT2D eigenvalue weighted by atomic mass is 32.2. The summed E-state index contributed by atoms with van der Waals surface area (Å²) in [6.07, 6.45) is 0.341. The first-order valence-electron chi connectivity index (χ1n) is 4.40. The Morgan fingerprint density at radius 2 is 1.86 bits per heavy atom. The van der Waals surface area contributed by atoms with Crippen LogP contribution in [0.15, 0.2) is 0 Å². The molecule has 0 saturated heterocycles. The van der Waals surface area contributed by atoms with E-state index in [9.17, 15) is 9.00 Å². The van der Waals surface area contributed by atoms with Crippen LogP contribution in [-0.4, -0.2) is 34.4 Å². The summed E-state index contributed by atoms with van der Waals surface area (Å²) in [4.78, 5) is 11.4. The Kier molecular flexibility index (Phi) is 4.15. The molecule has 1 unspecified atom stereocenters. The minimum absolute atomic E-state index is 0.105. The highest BCUT2D eigenvalue weighted by Gasteiger charge is 2.18. The summed E-state index contributed by atoms with van der Waals surface area (Å²) in [6, 6.07) is 0. The largest absolute Gasteiger partial charge is 0.274 e. The number of carbonyl (C=O) groups excluding carboxylic acids is 1. The molecule has 0 spiro atoms. The first-order chi connectivity index (χ1) is 6.04. The molecule has 0 bridgehead atoms. The van der Waals surface area contributed by atoms with E-state index in [1.807, 2.05) is 20.8 Å². The molecule has 0 aliphatic rings. The molecule has 84 valence electrons. The van der Waals surface area contributed by atoms with Gasteiger partial charge >= 0.3 is 0 Å². The van der Waals surface area contributed by atoms with E-state index in [0.29, 0.717) is 6.42 Å². The van der Waals surface area contributed by atoms with Crippen LogP contribution in [0.3, 0.4) is 0 Å². The van der Waals surface area contributed by atoms with Crippen molar-refractivity contribution >= 4 is 21.7 Å². The van der Waals surface area contributed by atoms with Gasteiger partial charge in [-0.3, -0.25) is 9.52 Å². The van der Waals surface area contributed by atoms with Crippen LogP contribution in [-0.2, 0) is 14.7 Å². The van der Waals surface area contributed by atoms with E-state index in [1.54, 1.807) is 14.1 Å².